The maximum absolute atomic E-state index is 12.2. The summed E-state index contributed by atoms with van der Waals surface area (Å²) >= 11 is 0. The summed E-state index contributed by atoms with van der Waals surface area (Å²) in [6.07, 6.45) is 1.02. The normalized spacial score (nSPS) is 12.8. The summed E-state index contributed by atoms with van der Waals surface area (Å²) in [5, 5.41) is 12.3. The molecule has 2 aromatic carbocycles. The molecule has 1 amide bonds. The van der Waals surface area contributed by atoms with E-state index >= 15 is 0 Å². The lowest BCUT2D eigenvalue weighted by molar-refractivity contribution is -0.143. The van der Waals surface area contributed by atoms with Gasteiger partial charge in [0, 0.05) is 24.9 Å². The number of carboxylic acids is 1. The third-order valence-electron chi connectivity index (χ3n) is 4.79. The van der Waals surface area contributed by atoms with Gasteiger partial charge in [-0.1, -0.05) is 61.5 Å². The van der Waals surface area contributed by atoms with Crippen LogP contribution in [-0.2, 0) is 21.4 Å². The van der Waals surface area contributed by atoms with Crippen LogP contribution in [0.5, 0.6) is 0 Å². The quantitative estimate of drug-likeness (QED) is 0.666. The minimum absolute atomic E-state index is 0.0266. The fraction of sp³-hybridized carbons (Fsp3) is 0.318. The first-order valence-electron chi connectivity index (χ1n) is 9.04. The molecule has 1 unspecified atom stereocenters. The summed E-state index contributed by atoms with van der Waals surface area (Å²) in [6, 6.07) is 16.2. The highest BCUT2D eigenvalue weighted by Gasteiger charge is 2.35. The van der Waals surface area contributed by atoms with Gasteiger partial charge in [-0.2, -0.15) is 0 Å². The minimum atomic E-state index is -1.23. The Morgan fingerprint density at radius 3 is 2.15 bits per heavy atom. The first-order valence-corrected chi connectivity index (χ1v) is 9.04. The Morgan fingerprint density at radius 2 is 1.59 bits per heavy atom. The first-order chi connectivity index (χ1) is 12.9. The third kappa shape index (κ3) is 5.26. The Morgan fingerprint density at radius 1 is 0.963 bits per heavy atom. The van der Waals surface area contributed by atoms with Crippen LogP contribution in [0.1, 0.15) is 48.2 Å². The lowest BCUT2D eigenvalue weighted by Gasteiger charge is -2.25. The lowest BCUT2D eigenvalue weighted by Crippen LogP contribution is -2.44. The molecule has 2 aromatic rings. The van der Waals surface area contributed by atoms with E-state index in [9.17, 15) is 19.5 Å². The number of hydrogen-bond donors (Lipinski definition) is 2. The highest BCUT2D eigenvalue weighted by molar-refractivity contribution is 5.98. The molecule has 0 aliphatic rings. The molecule has 0 saturated heterocycles. The lowest BCUT2D eigenvalue weighted by atomic mass is 9.82. The van der Waals surface area contributed by atoms with Crippen molar-refractivity contribution in [3.63, 3.8) is 0 Å². The van der Waals surface area contributed by atoms with E-state index in [1.807, 2.05) is 25.1 Å². The van der Waals surface area contributed by atoms with E-state index in [1.165, 1.54) is 0 Å². The van der Waals surface area contributed by atoms with Crippen molar-refractivity contribution in [1.82, 2.24) is 5.32 Å². The first kappa shape index (κ1) is 20.4. The molecular formula is C22H25NO4. The topological polar surface area (TPSA) is 83.5 Å². The van der Waals surface area contributed by atoms with Gasteiger partial charge in [0.2, 0.25) is 5.91 Å². The minimum Gasteiger partial charge on any atom is -0.481 e. The molecule has 0 saturated carbocycles. The van der Waals surface area contributed by atoms with Crippen LogP contribution in [0, 0.1) is 0 Å². The number of aryl methyl sites for hydroxylation is 1. The van der Waals surface area contributed by atoms with Gasteiger partial charge in [0.25, 0.3) is 0 Å². The van der Waals surface area contributed by atoms with Gasteiger partial charge in [0.15, 0.2) is 5.78 Å². The highest BCUT2D eigenvalue weighted by Crippen LogP contribution is 2.23. The van der Waals surface area contributed by atoms with Crippen molar-refractivity contribution in [3.8, 4) is 0 Å². The maximum atomic E-state index is 12.2. The summed E-state index contributed by atoms with van der Waals surface area (Å²) in [5.74, 6) is -1.45. The molecular weight excluding hydrogens is 342 g/mol. The number of nitrogens with one attached hydrogen (secondary N) is 1. The van der Waals surface area contributed by atoms with E-state index < -0.39 is 11.4 Å². The number of amides is 1. The molecule has 0 fully saturated rings. The van der Waals surface area contributed by atoms with Gasteiger partial charge in [-0.25, -0.2) is 0 Å². The Balaban J connectivity index is 1.90. The summed E-state index contributed by atoms with van der Waals surface area (Å²) in [7, 11) is 0. The zero-order valence-electron chi connectivity index (χ0n) is 15.7. The standard InChI is InChI=1S/C22H25NO4/c1-3-16-9-11-17(12-10-16)19(24)13-14-20(25)23-15-22(2,21(26)27)18-7-5-4-6-8-18/h4-12H,3,13-15H2,1-2H3,(H,23,25)(H,26,27). The van der Waals surface area contributed by atoms with Gasteiger partial charge in [0.1, 0.15) is 5.41 Å². The second kappa shape index (κ2) is 9.12. The number of ketones is 1. The van der Waals surface area contributed by atoms with Crippen molar-refractivity contribution in [2.24, 2.45) is 0 Å². The van der Waals surface area contributed by atoms with E-state index in [-0.39, 0.29) is 31.1 Å². The molecule has 0 bridgehead atoms. The SMILES string of the molecule is CCc1ccc(C(=O)CCC(=O)NCC(C)(C(=O)O)c2ccccc2)cc1. The van der Waals surface area contributed by atoms with Crippen molar-refractivity contribution < 1.29 is 19.5 Å². The number of carboxylic acid groups (broad SMARTS) is 1. The molecule has 2 N–H and O–H groups in total. The molecule has 0 aromatic heterocycles. The molecule has 5 heteroatoms. The smallest absolute Gasteiger partial charge is 0.315 e. The Hall–Kier alpha value is -2.95. The second-order valence-electron chi connectivity index (χ2n) is 6.75. The zero-order chi connectivity index (χ0) is 19.9. The highest BCUT2D eigenvalue weighted by atomic mass is 16.4. The number of benzene rings is 2. The molecule has 0 spiro atoms. The predicted molar refractivity (Wildman–Crippen MR) is 104 cm³/mol. The summed E-state index contributed by atoms with van der Waals surface area (Å²) < 4.78 is 0. The molecule has 0 aliphatic heterocycles. The van der Waals surface area contributed by atoms with Crippen molar-refractivity contribution >= 4 is 17.7 Å². The number of carbonyl (C=O) groups is 3. The van der Waals surface area contributed by atoms with Crippen LogP contribution in [-0.4, -0.2) is 29.3 Å². The van der Waals surface area contributed by atoms with Gasteiger partial charge in [0.05, 0.1) is 0 Å². The molecule has 27 heavy (non-hydrogen) atoms. The van der Waals surface area contributed by atoms with Gasteiger partial charge in [-0.3, -0.25) is 14.4 Å². The maximum Gasteiger partial charge on any atom is 0.315 e. The van der Waals surface area contributed by atoms with Gasteiger partial charge >= 0.3 is 5.97 Å². The number of carbonyl (C=O) groups excluding carboxylic acids is 2. The number of Topliss-reactive ketones (excluding diaryl/α,β-unsaturated/α-hetero) is 1. The van der Waals surface area contributed by atoms with Gasteiger partial charge in [-0.05, 0) is 24.5 Å². The van der Waals surface area contributed by atoms with Crippen molar-refractivity contribution in [3.05, 3.63) is 71.3 Å². The average molecular weight is 367 g/mol. The molecule has 0 heterocycles. The fourth-order valence-corrected chi connectivity index (χ4v) is 2.77. The predicted octanol–water partition coefficient (Wildman–Crippen LogP) is 3.37. The van der Waals surface area contributed by atoms with Crippen LogP contribution in [0.3, 0.4) is 0 Å². The van der Waals surface area contributed by atoms with E-state index in [0.29, 0.717) is 11.1 Å². The fourth-order valence-electron chi connectivity index (χ4n) is 2.77. The monoisotopic (exact) mass is 367 g/mol. The van der Waals surface area contributed by atoms with E-state index in [4.69, 9.17) is 0 Å². The largest absolute Gasteiger partial charge is 0.481 e. The van der Waals surface area contributed by atoms with Crippen LogP contribution < -0.4 is 5.32 Å². The number of aliphatic carboxylic acids is 1. The summed E-state index contributed by atoms with van der Waals surface area (Å²) in [5.41, 5.74) is 1.12. The van der Waals surface area contributed by atoms with Crippen LogP contribution in [0.25, 0.3) is 0 Å². The summed E-state index contributed by atoms with van der Waals surface area (Å²) in [4.78, 5) is 36.1. The Labute approximate surface area is 159 Å². The third-order valence-corrected chi connectivity index (χ3v) is 4.79. The molecule has 1 atom stereocenters. The Kier molecular flexibility index (Phi) is 6.88. The molecule has 0 radical (unpaired) electrons. The molecule has 0 aliphatic carbocycles. The van der Waals surface area contributed by atoms with Crippen LogP contribution in [0.2, 0.25) is 0 Å². The van der Waals surface area contributed by atoms with Crippen molar-refractivity contribution in [2.45, 2.75) is 38.5 Å². The molecule has 142 valence electrons. The van der Waals surface area contributed by atoms with Crippen LogP contribution >= 0.6 is 0 Å². The van der Waals surface area contributed by atoms with Crippen LogP contribution in [0.4, 0.5) is 0 Å². The van der Waals surface area contributed by atoms with Gasteiger partial charge < -0.3 is 10.4 Å². The summed E-state index contributed by atoms with van der Waals surface area (Å²) in [6.45, 7) is 3.58. The molecule has 5 nitrogen and oxygen atoms in total. The van der Waals surface area contributed by atoms with E-state index in [1.54, 1.807) is 43.3 Å². The van der Waals surface area contributed by atoms with E-state index in [2.05, 4.69) is 5.32 Å². The molecule has 2 rings (SSSR count). The number of hydrogen-bond acceptors (Lipinski definition) is 3. The number of rotatable bonds is 9. The Bertz CT molecular complexity index is 799. The average Bonchev–Trinajstić information content (AvgIpc) is 2.70. The van der Waals surface area contributed by atoms with Crippen molar-refractivity contribution in [2.75, 3.05) is 6.54 Å². The van der Waals surface area contributed by atoms with Gasteiger partial charge in [-0.15, -0.1) is 0 Å². The second-order valence-corrected chi connectivity index (χ2v) is 6.75. The van der Waals surface area contributed by atoms with Crippen LogP contribution in [0.15, 0.2) is 54.6 Å². The van der Waals surface area contributed by atoms with E-state index in [0.717, 1.165) is 12.0 Å². The zero-order valence-corrected chi connectivity index (χ0v) is 15.7. The van der Waals surface area contributed by atoms with Crippen molar-refractivity contribution in [1.29, 1.82) is 0 Å².